The maximum Gasteiger partial charge on any atom is 0.276 e. The summed E-state index contributed by atoms with van der Waals surface area (Å²) >= 11 is 11.9. The van der Waals surface area contributed by atoms with Crippen molar-refractivity contribution in [1.29, 1.82) is 0 Å². The van der Waals surface area contributed by atoms with Gasteiger partial charge in [0, 0.05) is 18.4 Å². The third-order valence-corrected chi connectivity index (χ3v) is 4.12. The van der Waals surface area contributed by atoms with Crippen LogP contribution in [0, 0.1) is 0 Å². The minimum absolute atomic E-state index is 0.226. The lowest BCUT2D eigenvalue weighted by Crippen LogP contribution is -2.13. The van der Waals surface area contributed by atoms with Crippen LogP contribution in [-0.2, 0) is 0 Å². The van der Waals surface area contributed by atoms with E-state index in [9.17, 15) is 4.79 Å². The van der Waals surface area contributed by atoms with Crippen molar-refractivity contribution in [2.75, 3.05) is 5.32 Å². The maximum atomic E-state index is 12.3. The van der Waals surface area contributed by atoms with Crippen LogP contribution in [0.15, 0.2) is 42.9 Å². The monoisotopic (exact) mass is 363 g/mol. The molecule has 1 amide bonds. The second-order valence-corrected chi connectivity index (χ2v) is 6.32. The Morgan fingerprint density at radius 3 is 2.67 bits per heavy atom. The van der Waals surface area contributed by atoms with Gasteiger partial charge in [0.15, 0.2) is 5.69 Å². The molecule has 0 atom stereocenters. The number of hydrogen-bond acceptors (Lipinski definition) is 3. The van der Waals surface area contributed by atoms with Gasteiger partial charge in [-0.15, -0.1) is 0 Å². The van der Waals surface area contributed by atoms with Crippen molar-refractivity contribution >= 4 is 34.8 Å². The first-order valence-electron chi connectivity index (χ1n) is 7.30. The van der Waals surface area contributed by atoms with Gasteiger partial charge in [0.05, 0.1) is 27.6 Å². The summed E-state index contributed by atoms with van der Waals surface area (Å²) in [7, 11) is 0. The van der Waals surface area contributed by atoms with Gasteiger partial charge in [-0.05, 0) is 38.1 Å². The Labute approximate surface area is 149 Å². The molecule has 0 bridgehead atoms. The number of carbonyl (C=O) groups is 1. The summed E-state index contributed by atoms with van der Waals surface area (Å²) in [6, 6.07) is 7.00. The fraction of sp³-hybridized carbons (Fsp3) is 0.188. The first kappa shape index (κ1) is 16.5. The Morgan fingerprint density at radius 2 is 2.00 bits per heavy atom. The Bertz CT molecular complexity index is 884. The van der Waals surface area contributed by atoms with Crippen molar-refractivity contribution in [3.05, 3.63) is 58.6 Å². The van der Waals surface area contributed by atoms with Gasteiger partial charge in [-0.3, -0.25) is 9.48 Å². The Balaban J connectivity index is 1.76. The van der Waals surface area contributed by atoms with Crippen LogP contribution in [0.25, 0.3) is 5.69 Å². The fourth-order valence-corrected chi connectivity index (χ4v) is 2.39. The Morgan fingerprint density at radius 1 is 1.21 bits per heavy atom. The van der Waals surface area contributed by atoms with Gasteiger partial charge in [0.1, 0.15) is 0 Å². The maximum absolute atomic E-state index is 12.3. The second-order valence-electron chi connectivity index (χ2n) is 5.50. The summed E-state index contributed by atoms with van der Waals surface area (Å²) in [6.45, 7) is 4.02. The molecule has 8 heteroatoms. The number of rotatable bonds is 4. The SMILES string of the molecule is CC(C)n1cc(NC(=O)c2ccn(-c3ccc(Cl)c(Cl)c3)n2)cn1. The number of benzene rings is 1. The van der Waals surface area contributed by atoms with E-state index < -0.39 is 0 Å². The Hall–Kier alpha value is -2.31. The standard InChI is InChI=1S/C16H15Cl2N5O/c1-10(2)23-9-11(8-19-23)20-16(24)15-5-6-22(21-15)12-3-4-13(17)14(18)7-12/h3-10H,1-2H3,(H,20,24). The molecule has 2 heterocycles. The Kier molecular flexibility index (Phi) is 4.59. The number of nitrogens with one attached hydrogen (secondary N) is 1. The quantitative estimate of drug-likeness (QED) is 0.754. The summed E-state index contributed by atoms with van der Waals surface area (Å²) in [6.07, 6.45) is 5.07. The molecule has 0 saturated heterocycles. The summed E-state index contributed by atoms with van der Waals surface area (Å²) in [5.74, 6) is -0.308. The lowest BCUT2D eigenvalue weighted by molar-refractivity contribution is 0.102. The molecular weight excluding hydrogens is 349 g/mol. The highest BCUT2D eigenvalue weighted by Crippen LogP contribution is 2.24. The summed E-state index contributed by atoms with van der Waals surface area (Å²) in [5.41, 5.74) is 1.63. The van der Waals surface area contributed by atoms with E-state index in [1.165, 1.54) is 0 Å². The number of aromatic nitrogens is 4. The molecule has 0 saturated carbocycles. The fourth-order valence-electron chi connectivity index (χ4n) is 2.10. The molecule has 0 aliphatic carbocycles. The minimum Gasteiger partial charge on any atom is -0.318 e. The summed E-state index contributed by atoms with van der Waals surface area (Å²) in [5, 5.41) is 12.1. The van der Waals surface area contributed by atoms with Crippen LogP contribution in [0.4, 0.5) is 5.69 Å². The highest BCUT2D eigenvalue weighted by atomic mass is 35.5. The van der Waals surface area contributed by atoms with E-state index >= 15 is 0 Å². The van der Waals surface area contributed by atoms with Crippen LogP contribution in [0.3, 0.4) is 0 Å². The van der Waals surface area contributed by atoms with E-state index in [0.717, 1.165) is 5.69 Å². The molecule has 2 aromatic heterocycles. The lowest BCUT2D eigenvalue weighted by atomic mass is 10.3. The summed E-state index contributed by atoms with van der Waals surface area (Å²) in [4.78, 5) is 12.3. The van der Waals surface area contributed by atoms with Gasteiger partial charge >= 0.3 is 0 Å². The van der Waals surface area contributed by atoms with E-state index in [4.69, 9.17) is 23.2 Å². The smallest absolute Gasteiger partial charge is 0.276 e. The van der Waals surface area contributed by atoms with Gasteiger partial charge in [0.2, 0.25) is 0 Å². The highest BCUT2D eigenvalue weighted by Gasteiger charge is 2.12. The zero-order valence-electron chi connectivity index (χ0n) is 13.1. The van der Waals surface area contributed by atoms with Gasteiger partial charge in [-0.25, -0.2) is 4.68 Å². The molecule has 0 spiro atoms. The average molecular weight is 364 g/mol. The molecule has 124 valence electrons. The third-order valence-electron chi connectivity index (χ3n) is 3.38. The first-order valence-corrected chi connectivity index (χ1v) is 8.06. The molecule has 0 aliphatic heterocycles. The van der Waals surface area contributed by atoms with Crippen LogP contribution in [0.2, 0.25) is 10.0 Å². The molecule has 24 heavy (non-hydrogen) atoms. The normalized spacial score (nSPS) is 11.0. The van der Waals surface area contributed by atoms with Crippen molar-refractivity contribution in [2.45, 2.75) is 19.9 Å². The zero-order chi connectivity index (χ0) is 17.3. The molecule has 6 nitrogen and oxygen atoms in total. The van der Waals surface area contributed by atoms with E-state index in [0.29, 0.717) is 21.4 Å². The van der Waals surface area contributed by atoms with Gasteiger partial charge in [0.25, 0.3) is 5.91 Å². The van der Waals surface area contributed by atoms with Crippen LogP contribution >= 0.6 is 23.2 Å². The van der Waals surface area contributed by atoms with Crippen LogP contribution < -0.4 is 5.32 Å². The summed E-state index contributed by atoms with van der Waals surface area (Å²) < 4.78 is 3.33. The molecule has 3 aromatic rings. The van der Waals surface area contributed by atoms with E-state index in [1.807, 2.05) is 13.8 Å². The van der Waals surface area contributed by atoms with Crippen LogP contribution in [0.1, 0.15) is 30.4 Å². The number of hydrogen-bond donors (Lipinski definition) is 1. The van der Waals surface area contributed by atoms with Gasteiger partial charge in [-0.1, -0.05) is 23.2 Å². The van der Waals surface area contributed by atoms with Crippen molar-refractivity contribution in [3.8, 4) is 5.69 Å². The topological polar surface area (TPSA) is 64.7 Å². The van der Waals surface area contributed by atoms with Crippen LogP contribution in [-0.4, -0.2) is 25.5 Å². The zero-order valence-corrected chi connectivity index (χ0v) is 14.6. The van der Waals surface area contributed by atoms with Crippen LogP contribution in [0.5, 0.6) is 0 Å². The predicted molar refractivity (Wildman–Crippen MR) is 94.1 cm³/mol. The van der Waals surface area contributed by atoms with Gasteiger partial charge in [-0.2, -0.15) is 10.2 Å². The van der Waals surface area contributed by atoms with Gasteiger partial charge < -0.3 is 5.32 Å². The van der Waals surface area contributed by atoms with Crippen molar-refractivity contribution in [3.63, 3.8) is 0 Å². The third kappa shape index (κ3) is 3.44. The molecule has 1 aromatic carbocycles. The molecular formula is C16H15Cl2N5O. The van der Waals surface area contributed by atoms with Crippen molar-refractivity contribution < 1.29 is 4.79 Å². The van der Waals surface area contributed by atoms with Crippen molar-refractivity contribution in [1.82, 2.24) is 19.6 Å². The minimum atomic E-state index is -0.308. The van der Waals surface area contributed by atoms with E-state index in [2.05, 4.69) is 15.5 Å². The van der Waals surface area contributed by atoms with E-state index in [1.54, 1.807) is 52.2 Å². The molecule has 3 rings (SSSR count). The average Bonchev–Trinajstić information content (AvgIpc) is 3.19. The predicted octanol–water partition coefficient (Wildman–Crippen LogP) is 4.21. The number of amides is 1. The highest BCUT2D eigenvalue weighted by molar-refractivity contribution is 6.42. The lowest BCUT2D eigenvalue weighted by Gasteiger charge is -2.04. The largest absolute Gasteiger partial charge is 0.318 e. The number of anilines is 1. The van der Waals surface area contributed by atoms with Crippen molar-refractivity contribution in [2.24, 2.45) is 0 Å². The molecule has 0 unspecified atom stereocenters. The molecule has 0 aliphatic rings. The van der Waals surface area contributed by atoms with E-state index in [-0.39, 0.29) is 11.9 Å². The first-order chi connectivity index (χ1) is 11.4. The second kappa shape index (κ2) is 6.67. The molecule has 1 N–H and O–H groups in total. The molecule has 0 radical (unpaired) electrons. The number of nitrogens with zero attached hydrogens (tertiary/aromatic N) is 4. The number of halogens is 2. The number of carbonyl (C=O) groups excluding carboxylic acids is 1. The molecule has 0 fully saturated rings.